The fourth-order valence-corrected chi connectivity index (χ4v) is 10.6. The minimum absolute atomic E-state index is 0.0198. The van der Waals surface area contributed by atoms with Crippen molar-refractivity contribution < 1.29 is 23.1 Å². The molecule has 0 aromatic carbocycles. The predicted octanol–water partition coefficient (Wildman–Crippen LogP) is 12.1. The third kappa shape index (κ3) is 9.60. The van der Waals surface area contributed by atoms with E-state index >= 15 is 0 Å². The van der Waals surface area contributed by atoms with E-state index in [-0.39, 0.29) is 52.1 Å². The van der Waals surface area contributed by atoms with E-state index in [4.69, 9.17) is 24.9 Å². The number of rotatable bonds is 12. The fourth-order valence-electron chi connectivity index (χ4n) is 7.81. The summed E-state index contributed by atoms with van der Waals surface area (Å²) in [6.45, 7) is 40.4. The van der Waals surface area contributed by atoms with Crippen LogP contribution in [0.4, 0.5) is 0 Å². The van der Waals surface area contributed by atoms with Gasteiger partial charge in [0.15, 0.2) is 22.4 Å². The van der Waals surface area contributed by atoms with Gasteiger partial charge in [0, 0.05) is 12.8 Å². The Labute approximate surface area is 304 Å². The van der Waals surface area contributed by atoms with Crippen molar-refractivity contribution in [3.05, 3.63) is 47.1 Å². The van der Waals surface area contributed by atoms with Crippen LogP contribution >= 0.6 is 0 Å². The highest BCUT2D eigenvalue weighted by Gasteiger charge is 2.52. The Balaban J connectivity index is 2.10. The van der Waals surface area contributed by atoms with Crippen molar-refractivity contribution in [1.82, 2.24) is 0 Å². The van der Waals surface area contributed by atoms with Gasteiger partial charge in [-0.25, -0.2) is 4.79 Å². The second-order valence-corrected chi connectivity index (χ2v) is 28.8. The molecule has 0 aromatic heterocycles. The van der Waals surface area contributed by atoms with Crippen LogP contribution in [0, 0.1) is 23.2 Å². The summed E-state index contributed by atoms with van der Waals surface area (Å²) in [6, 6.07) is 0. The molecule has 0 aliphatic heterocycles. The van der Waals surface area contributed by atoms with Crippen LogP contribution in [-0.2, 0) is 23.1 Å². The van der Waals surface area contributed by atoms with Crippen LogP contribution in [0.1, 0.15) is 128 Å². The number of hydrogen-bond acceptors (Lipinski definition) is 5. The summed E-state index contributed by atoms with van der Waals surface area (Å²) in [4.78, 5) is 13.5. The lowest BCUT2D eigenvalue weighted by Crippen LogP contribution is -2.56. The standard InChI is InChI=1S/C42H74O5Si2/c1-18-34-23-24-35-32(20-19-25-41(34,35)13)21-22-33-26-42(47-49(16,17)40(10,11)12,44-28-37(43)45-38(29(2)3)30(4)5)27-36(31(33)6)46-48(14,15)39(7,8)9/h21-23,29-30,35-36,38H,6,18-20,24-28H2,1-5,7-17H3/t35-,36-,41+,42+/m0/s1. The van der Waals surface area contributed by atoms with Gasteiger partial charge in [-0.15, -0.1) is 0 Å². The van der Waals surface area contributed by atoms with Crippen molar-refractivity contribution in [2.75, 3.05) is 6.61 Å². The van der Waals surface area contributed by atoms with Crippen LogP contribution in [0.3, 0.4) is 0 Å². The van der Waals surface area contributed by atoms with Crippen LogP contribution in [0.5, 0.6) is 0 Å². The molecule has 0 unspecified atom stereocenters. The van der Waals surface area contributed by atoms with Crippen molar-refractivity contribution in [3.63, 3.8) is 0 Å². The minimum atomic E-state index is -2.38. The third-order valence-corrected chi connectivity index (χ3v) is 21.9. The van der Waals surface area contributed by atoms with E-state index < -0.39 is 22.4 Å². The molecule has 3 aliphatic rings. The smallest absolute Gasteiger partial charge is 0.332 e. The average molecular weight is 715 g/mol. The van der Waals surface area contributed by atoms with E-state index in [0.717, 1.165) is 30.4 Å². The Kier molecular flexibility index (Phi) is 13.2. The Hall–Kier alpha value is -1.26. The molecule has 3 rings (SSSR count). The van der Waals surface area contributed by atoms with Crippen LogP contribution in [0.2, 0.25) is 36.3 Å². The van der Waals surface area contributed by atoms with Gasteiger partial charge in [0.2, 0.25) is 0 Å². The van der Waals surface area contributed by atoms with E-state index in [1.807, 2.05) is 0 Å². The van der Waals surface area contributed by atoms with E-state index in [1.54, 1.807) is 5.57 Å². The number of fused-ring (bicyclic) bond motifs is 1. The summed E-state index contributed by atoms with van der Waals surface area (Å²) in [5.74, 6) is -0.398. The highest BCUT2D eigenvalue weighted by atomic mass is 28.4. The monoisotopic (exact) mass is 715 g/mol. The lowest BCUT2D eigenvalue weighted by atomic mass is 9.64. The van der Waals surface area contributed by atoms with Crippen molar-refractivity contribution in [3.8, 4) is 0 Å². The summed E-state index contributed by atoms with van der Waals surface area (Å²) in [5.41, 5.74) is 5.54. The van der Waals surface area contributed by atoms with Gasteiger partial charge in [0.1, 0.15) is 12.7 Å². The lowest BCUT2D eigenvalue weighted by molar-refractivity contribution is -0.218. The second kappa shape index (κ2) is 15.4. The molecule has 7 heteroatoms. The van der Waals surface area contributed by atoms with Crippen molar-refractivity contribution in [1.29, 1.82) is 0 Å². The molecule has 3 aliphatic carbocycles. The molecule has 280 valence electrons. The van der Waals surface area contributed by atoms with Gasteiger partial charge in [-0.3, -0.25) is 0 Å². The molecular weight excluding hydrogens is 641 g/mol. The first-order valence-corrected chi connectivity index (χ1v) is 25.1. The predicted molar refractivity (Wildman–Crippen MR) is 212 cm³/mol. The SMILES string of the molecule is C=C1C(=CC=C2CCC[C@]3(C)C(CC)=CC[C@@H]23)C[C@@](OCC(=O)OC(C(C)C)C(C)C)(O[Si](C)(C)C(C)(C)C)C[C@@H]1O[Si](C)(C)C(C)(C)C. The molecule has 0 N–H and O–H groups in total. The average Bonchev–Trinajstić information content (AvgIpc) is 3.30. The van der Waals surface area contributed by atoms with Gasteiger partial charge in [0.25, 0.3) is 0 Å². The molecule has 0 bridgehead atoms. The van der Waals surface area contributed by atoms with Gasteiger partial charge in [0.05, 0.1) is 6.10 Å². The Bertz CT molecular complexity index is 1280. The highest BCUT2D eigenvalue weighted by Crippen LogP contribution is 2.56. The topological polar surface area (TPSA) is 54.0 Å². The van der Waals surface area contributed by atoms with Gasteiger partial charge in [-0.05, 0) is 103 Å². The molecule has 49 heavy (non-hydrogen) atoms. The van der Waals surface area contributed by atoms with Crippen molar-refractivity contribution in [2.24, 2.45) is 23.2 Å². The van der Waals surface area contributed by atoms with Crippen LogP contribution in [0.25, 0.3) is 0 Å². The van der Waals surface area contributed by atoms with Gasteiger partial charge < -0.3 is 18.3 Å². The molecule has 0 amide bonds. The van der Waals surface area contributed by atoms with E-state index in [2.05, 4.69) is 128 Å². The molecule has 0 heterocycles. The summed E-state index contributed by atoms with van der Waals surface area (Å²) in [7, 11) is -4.59. The van der Waals surface area contributed by atoms with E-state index in [1.165, 1.54) is 18.4 Å². The van der Waals surface area contributed by atoms with E-state index in [0.29, 0.717) is 18.8 Å². The number of hydrogen-bond donors (Lipinski definition) is 0. The van der Waals surface area contributed by atoms with Crippen molar-refractivity contribution in [2.45, 2.75) is 182 Å². The maximum absolute atomic E-state index is 13.5. The largest absolute Gasteiger partial charge is 0.460 e. The Morgan fingerprint density at radius 1 is 1.00 bits per heavy atom. The maximum atomic E-state index is 13.5. The van der Waals surface area contributed by atoms with Crippen molar-refractivity contribution >= 4 is 22.6 Å². The molecule has 2 saturated carbocycles. The van der Waals surface area contributed by atoms with Gasteiger partial charge in [-0.2, -0.15) is 0 Å². The summed E-state index contributed by atoms with van der Waals surface area (Å²) in [5, 5.41) is -0.0364. The van der Waals surface area contributed by atoms with Gasteiger partial charge >= 0.3 is 5.97 Å². The molecule has 2 fully saturated rings. The lowest BCUT2D eigenvalue weighted by Gasteiger charge is -2.51. The highest BCUT2D eigenvalue weighted by molar-refractivity contribution is 6.74. The number of ether oxygens (including phenoxy) is 2. The first-order chi connectivity index (χ1) is 22.3. The number of carbonyl (C=O) groups is 1. The first-order valence-electron chi connectivity index (χ1n) is 19.3. The third-order valence-electron chi connectivity index (χ3n) is 12.9. The number of esters is 1. The normalized spacial score (nSPS) is 29.0. The zero-order valence-corrected chi connectivity index (χ0v) is 36.5. The Morgan fingerprint density at radius 3 is 2.12 bits per heavy atom. The van der Waals surface area contributed by atoms with E-state index in [9.17, 15) is 4.79 Å². The number of carbonyl (C=O) groups excluding carboxylic acids is 1. The molecule has 4 atom stereocenters. The van der Waals surface area contributed by atoms with Crippen LogP contribution in [0.15, 0.2) is 47.1 Å². The molecule has 0 aromatic rings. The minimum Gasteiger partial charge on any atom is -0.460 e. The zero-order valence-electron chi connectivity index (χ0n) is 34.5. The summed E-state index contributed by atoms with van der Waals surface area (Å²) in [6.07, 6.45) is 13.6. The van der Waals surface area contributed by atoms with Crippen LogP contribution < -0.4 is 0 Å². The molecule has 5 nitrogen and oxygen atoms in total. The summed E-state index contributed by atoms with van der Waals surface area (Å²) >= 11 is 0. The molecule has 0 saturated heterocycles. The zero-order chi connectivity index (χ0) is 37.4. The van der Waals surface area contributed by atoms with Gasteiger partial charge in [-0.1, -0.05) is 119 Å². The number of allylic oxidation sites excluding steroid dienone is 5. The molecule has 0 spiro atoms. The van der Waals surface area contributed by atoms with Crippen LogP contribution in [-0.4, -0.2) is 47.2 Å². The molecular formula is C42H74O5Si2. The summed E-state index contributed by atoms with van der Waals surface area (Å²) < 4.78 is 27.3. The maximum Gasteiger partial charge on any atom is 0.332 e. The fraction of sp³-hybridized carbons (Fsp3) is 0.786. The quantitative estimate of drug-likeness (QED) is 0.0872. The first kappa shape index (κ1) is 42.2. The second-order valence-electron chi connectivity index (χ2n) is 19.4. The Morgan fingerprint density at radius 2 is 1.59 bits per heavy atom. The molecule has 0 radical (unpaired) electrons.